The molecule has 27 heavy (non-hydrogen) atoms. The highest BCUT2D eigenvalue weighted by Gasteiger charge is 2.44. The maximum atomic E-state index is 12.7. The van der Waals surface area contributed by atoms with Crippen molar-refractivity contribution < 1.29 is 14.3 Å². The van der Waals surface area contributed by atoms with Gasteiger partial charge in [0.25, 0.3) is 0 Å². The number of rotatable bonds is 8. The van der Waals surface area contributed by atoms with Crippen LogP contribution >= 0.6 is 0 Å². The van der Waals surface area contributed by atoms with Crippen molar-refractivity contribution in [1.29, 1.82) is 0 Å². The van der Waals surface area contributed by atoms with Crippen molar-refractivity contribution >= 4 is 5.91 Å². The third-order valence-corrected chi connectivity index (χ3v) is 5.78. The van der Waals surface area contributed by atoms with Gasteiger partial charge in [-0.1, -0.05) is 6.07 Å². The number of aryl methyl sites for hydroxylation is 1. The minimum atomic E-state index is -0.130. The van der Waals surface area contributed by atoms with Gasteiger partial charge in [0.15, 0.2) is 0 Å². The van der Waals surface area contributed by atoms with E-state index >= 15 is 0 Å². The quantitative estimate of drug-likeness (QED) is 0.696. The molecule has 0 bridgehead atoms. The average molecular weight is 376 g/mol. The van der Waals surface area contributed by atoms with Crippen LogP contribution in [-0.2, 0) is 20.7 Å². The lowest BCUT2D eigenvalue weighted by atomic mass is 9.86. The minimum absolute atomic E-state index is 0.130. The summed E-state index contributed by atoms with van der Waals surface area (Å²) in [4.78, 5) is 21.2. The van der Waals surface area contributed by atoms with Gasteiger partial charge in [-0.2, -0.15) is 0 Å². The molecule has 0 N–H and O–H groups in total. The molecule has 6 nitrogen and oxygen atoms in total. The molecule has 150 valence electrons. The van der Waals surface area contributed by atoms with Crippen LogP contribution in [0.15, 0.2) is 24.5 Å². The van der Waals surface area contributed by atoms with Crippen molar-refractivity contribution in [3.8, 4) is 0 Å². The van der Waals surface area contributed by atoms with E-state index in [0.717, 1.165) is 70.6 Å². The van der Waals surface area contributed by atoms with Crippen molar-refractivity contribution in [2.45, 2.75) is 37.7 Å². The van der Waals surface area contributed by atoms with E-state index in [1.807, 2.05) is 23.2 Å². The molecule has 1 aromatic heterocycles. The number of likely N-dealkylation sites (N-methyl/N-ethyl adjacent to an activating group) is 1. The Balaban J connectivity index is 1.48. The Labute approximate surface area is 162 Å². The number of methoxy groups -OCH3 is 1. The van der Waals surface area contributed by atoms with E-state index < -0.39 is 0 Å². The smallest absolute Gasteiger partial charge is 0.223 e. The molecule has 1 spiro atoms. The van der Waals surface area contributed by atoms with Crippen molar-refractivity contribution in [2.75, 3.05) is 53.6 Å². The number of amides is 1. The predicted molar refractivity (Wildman–Crippen MR) is 105 cm³/mol. The molecule has 2 fully saturated rings. The van der Waals surface area contributed by atoms with Gasteiger partial charge in [-0.3, -0.25) is 9.78 Å². The number of ether oxygens (including phenoxy) is 2. The number of nitrogens with zero attached hydrogens (tertiary/aromatic N) is 3. The zero-order valence-corrected chi connectivity index (χ0v) is 16.7. The van der Waals surface area contributed by atoms with Gasteiger partial charge in [0.05, 0.1) is 18.8 Å². The predicted octanol–water partition coefficient (Wildman–Crippen LogP) is 1.99. The average Bonchev–Trinajstić information content (AvgIpc) is 3.06. The third-order valence-electron chi connectivity index (χ3n) is 5.78. The highest BCUT2D eigenvalue weighted by Crippen LogP contribution is 2.37. The molecule has 2 aliphatic heterocycles. The number of likely N-dealkylation sites (tertiary alicyclic amines) is 1. The zero-order chi connectivity index (χ0) is 19.1. The van der Waals surface area contributed by atoms with Crippen LogP contribution in [0.25, 0.3) is 0 Å². The maximum Gasteiger partial charge on any atom is 0.223 e. The number of carbonyl (C=O) groups excluding carboxylic acids is 1. The monoisotopic (exact) mass is 375 g/mol. The summed E-state index contributed by atoms with van der Waals surface area (Å²) < 4.78 is 11.4. The largest absolute Gasteiger partial charge is 0.383 e. The highest BCUT2D eigenvalue weighted by atomic mass is 16.5. The van der Waals surface area contributed by atoms with Gasteiger partial charge in [0.1, 0.15) is 0 Å². The van der Waals surface area contributed by atoms with Crippen LogP contribution in [0.3, 0.4) is 0 Å². The molecule has 3 heterocycles. The summed E-state index contributed by atoms with van der Waals surface area (Å²) in [7, 11) is 3.88. The molecule has 0 saturated carbocycles. The fourth-order valence-corrected chi connectivity index (χ4v) is 4.39. The standard InChI is InChI=1S/C21H33N3O3/c1-23(11-12-26-2)15-19-13-21(27-16-19)8-4-10-24(17-21)20(25)7-6-18-5-3-9-22-14-18/h3,5,9,14,19H,4,6-8,10-13,15-17H2,1-2H3/t19-,21-/m0/s1. The minimum Gasteiger partial charge on any atom is -0.383 e. The van der Waals surface area contributed by atoms with Gasteiger partial charge in [-0.15, -0.1) is 0 Å². The van der Waals surface area contributed by atoms with Crippen LogP contribution in [0, 0.1) is 5.92 Å². The molecule has 2 saturated heterocycles. The van der Waals surface area contributed by atoms with Crippen molar-refractivity contribution in [3.63, 3.8) is 0 Å². The number of carbonyl (C=O) groups is 1. The number of aromatic nitrogens is 1. The summed E-state index contributed by atoms with van der Waals surface area (Å²) in [5.74, 6) is 0.777. The first-order chi connectivity index (χ1) is 13.1. The van der Waals surface area contributed by atoms with E-state index in [4.69, 9.17) is 9.47 Å². The lowest BCUT2D eigenvalue weighted by Crippen LogP contribution is -2.50. The topological polar surface area (TPSA) is 54.9 Å². The molecule has 0 aromatic carbocycles. The van der Waals surface area contributed by atoms with Gasteiger partial charge in [0.2, 0.25) is 5.91 Å². The van der Waals surface area contributed by atoms with Crippen molar-refractivity contribution in [3.05, 3.63) is 30.1 Å². The lowest BCUT2D eigenvalue weighted by Gasteiger charge is -2.40. The van der Waals surface area contributed by atoms with Crippen LogP contribution in [0.2, 0.25) is 0 Å². The first kappa shape index (κ1) is 20.2. The van der Waals surface area contributed by atoms with E-state index in [9.17, 15) is 4.79 Å². The normalized spacial score (nSPS) is 25.4. The maximum absolute atomic E-state index is 12.7. The van der Waals surface area contributed by atoms with E-state index in [1.54, 1.807) is 13.3 Å². The van der Waals surface area contributed by atoms with E-state index in [0.29, 0.717) is 12.3 Å². The number of pyridine rings is 1. The Kier molecular flexibility index (Phi) is 7.21. The second-order valence-corrected chi connectivity index (χ2v) is 8.10. The fourth-order valence-electron chi connectivity index (χ4n) is 4.39. The number of hydrogen-bond donors (Lipinski definition) is 0. The van der Waals surface area contributed by atoms with Gasteiger partial charge in [-0.05, 0) is 50.3 Å². The summed E-state index contributed by atoms with van der Waals surface area (Å²) in [5.41, 5.74) is 0.989. The summed E-state index contributed by atoms with van der Waals surface area (Å²) in [6, 6.07) is 3.95. The Bertz CT molecular complexity index is 598. The first-order valence-electron chi connectivity index (χ1n) is 10.1. The van der Waals surface area contributed by atoms with E-state index in [1.165, 1.54) is 0 Å². The summed E-state index contributed by atoms with van der Waals surface area (Å²) in [6.45, 7) is 5.13. The Hall–Kier alpha value is -1.50. The second-order valence-electron chi connectivity index (χ2n) is 8.10. The van der Waals surface area contributed by atoms with Crippen LogP contribution < -0.4 is 0 Å². The van der Waals surface area contributed by atoms with Gasteiger partial charge >= 0.3 is 0 Å². The number of piperidine rings is 1. The summed E-state index contributed by atoms with van der Waals surface area (Å²) in [6.07, 6.45) is 8.06. The molecule has 3 rings (SSSR count). The van der Waals surface area contributed by atoms with Gasteiger partial charge < -0.3 is 19.3 Å². The van der Waals surface area contributed by atoms with Gasteiger partial charge in [0, 0.05) is 52.1 Å². The van der Waals surface area contributed by atoms with Crippen molar-refractivity contribution in [2.24, 2.45) is 5.92 Å². The molecule has 1 aromatic rings. The van der Waals surface area contributed by atoms with Crippen molar-refractivity contribution in [1.82, 2.24) is 14.8 Å². The second kappa shape index (κ2) is 9.62. The summed E-state index contributed by atoms with van der Waals surface area (Å²) >= 11 is 0. The molecule has 2 aliphatic rings. The summed E-state index contributed by atoms with van der Waals surface area (Å²) in [5, 5.41) is 0. The Morgan fingerprint density at radius 3 is 3.19 bits per heavy atom. The Morgan fingerprint density at radius 1 is 1.52 bits per heavy atom. The van der Waals surface area contributed by atoms with Crippen LogP contribution in [0.1, 0.15) is 31.2 Å². The molecule has 1 amide bonds. The molecule has 6 heteroatoms. The van der Waals surface area contributed by atoms with Crippen LogP contribution in [0.4, 0.5) is 0 Å². The molecular formula is C21H33N3O3. The van der Waals surface area contributed by atoms with Crippen LogP contribution in [-0.4, -0.2) is 79.8 Å². The third kappa shape index (κ3) is 5.74. The zero-order valence-electron chi connectivity index (χ0n) is 16.7. The molecule has 0 aliphatic carbocycles. The molecule has 0 radical (unpaired) electrons. The fraction of sp³-hybridized carbons (Fsp3) is 0.714. The number of hydrogen-bond acceptors (Lipinski definition) is 5. The van der Waals surface area contributed by atoms with E-state index in [2.05, 4.69) is 16.9 Å². The Morgan fingerprint density at radius 2 is 2.41 bits per heavy atom. The molecule has 0 unspecified atom stereocenters. The lowest BCUT2D eigenvalue weighted by molar-refractivity contribution is -0.139. The highest BCUT2D eigenvalue weighted by molar-refractivity contribution is 5.76. The van der Waals surface area contributed by atoms with Crippen LogP contribution in [0.5, 0.6) is 0 Å². The first-order valence-corrected chi connectivity index (χ1v) is 10.1. The molecular weight excluding hydrogens is 342 g/mol. The van der Waals surface area contributed by atoms with E-state index in [-0.39, 0.29) is 11.5 Å². The van der Waals surface area contributed by atoms with Gasteiger partial charge in [-0.25, -0.2) is 0 Å². The molecule has 2 atom stereocenters. The SMILES string of the molecule is COCCN(C)C[C@H]1CO[C@@]2(CCCN(C(=O)CCc3cccnc3)C2)C1.